The molecular formula is C25H30N4O2. The Kier molecular flexibility index (Phi) is 6.77. The highest BCUT2D eigenvalue weighted by Crippen LogP contribution is 2.16. The van der Waals surface area contributed by atoms with Crippen LogP contribution in [-0.2, 0) is 31.4 Å². The Morgan fingerprint density at radius 3 is 2.52 bits per heavy atom. The minimum absolute atomic E-state index is 0.0322. The van der Waals surface area contributed by atoms with E-state index in [-0.39, 0.29) is 11.5 Å². The van der Waals surface area contributed by atoms with Crippen molar-refractivity contribution in [1.29, 1.82) is 0 Å². The van der Waals surface area contributed by atoms with E-state index in [0.717, 1.165) is 25.2 Å². The third-order valence-electron chi connectivity index (χ3n) is 6.09. The fourth-order valence-electron chi connectivity index (χ4n) is 4.24. The van der Waals surface area contributed by atoms with Crippen molar-refractivity contribution < 1.29 is 4.79 Å². The SMILES string of the molecule is Cn1c(CCC(=O)NCc2ccccc2CN2CCCCC2)nc2ccccc2c1=O. The van der Waals surface area contributed by atoms with Gasteiger partial charge in [0.15, 0.2) is 0 Å². The van der Waals surface area contributed by atoms with Crippen LogP contribution in [-0.4, -0.2) is 33.4 Å². The fraction of sp³-hybridized carbons (Fsp3) is 0.400. The first-order valence-electron chi connectivity index (χ1n) is 11.1. The van der Waals surface area contributed by atoms with Gasteiger partial charge in [-0.1, -0.05) is 42.8 Å². The first kappa shape index (κ1) is 21.2. The van der Waals surface area contributed by atoms with Crippen molar-refractivity contribution in [3.05, 3.63) is 75.8 Å². The van der Waals surface area contributed by atoms with E-state index in [2.05, 4.69) is 33.4 Å². The van der Waals surface area contributed by atoms with Gasteiger partial charge in [-0.05, 0) is 49.2 Å². The number of aromatic nitrogens is 2. The molecule has 0 unspecified atom stereocenters. The Hall–Kier alpha value is -2.99. The van der Waals surface area contributed by atoms with Crippen LogP contribution in [0.4, 0.5) is 0 Å². The molecular weight excluding hydrogens is 388 g/mol. The summed E-state index contributed by atoms with van der Waals surface area (Å²) in [6.07, 6.45) is 4.59. The Morgan fingerprint density at radius 2 is 1.71 bits per heavy atom. The highest BCUT2D eigenvalue weighted by atomic mass is 16.1. The normalized spacial score (nSPS) is 14.6. The zero-order valence-electron chi connectivity index (χ0n) is 18.1. The molecule has 1 fully saturated rings. The quantitative estimate of drug-likeness (QED) is 0.640. The molecule has 6 heteroatoms. The second-order valence-corrected chi connectivity index (χ2v) is 8.29. The molecule has 1 aliphatic heterocycles. The molecule has 1 amide bonds. The number of para-hydroxylation sites is 1. The zero-order chi connectivity index (χ0) is 21.6. The Balaban J connectivity index is 1.36. The van der Waals surface area contributed by atoms with Gasteiger partial charge >= 0.3 is 0 Å². The molecule has 0 saturated carbocycles. The summed E-state index contributed by atoms with van der Waals surface area (Å²) < 4.78 is 1.55. The van der Waals surface area contributed by atoms with Crippen molar-refractivity contribution in [2.24, 2.45) is 7.05 Å². The van der Waals surface area contributed by atoms with Gasteiger partial charge in [0.2, 0.25) is 5.91 Å². The lowest BCUT2D eigenvalue weighted by molar-refractivity contribution is -0.121. The van der Waals surface area contributed by atoms with Crippen LogP contribution in [0.1, 0.15) is 42.6 Å². The average molecular weight is 419 g/mol. The summed E-state index contributed by atoms with van der Waals surface area (Å²) in [6.45, 7) is 3.76. The highest BCUT2D eigenvalue weighted by Gasteiger charge is 2.13. The van der Waals surface area contributed by atoms with Crippen LogP contribution >= 0.6 is 0 Å². The molecule has 2 heterocycles. The number of likely N-dealkylation sites (tertiary alicyclic amines) is 1. The van der Waals surface area contributed by atoms with Gasteiger partial charge in [-0.3, -0.25) is 19.1 Å². The molecule has 0 atom stereocenters. The number of fused-ring (bicyclic) bond motifs is 1. The van der Waals surface area contributed by atoms with E-state index in [1.165, 1.54) is 24.8 Å². The highest BCUT2D eigenvalue weighted by molar-refractivity contribution is 5.78. The molecule has 1 saturated heterocycles. The first-order valence-corrected chi connectivity index (χ1v) is 11.1. The van der Waals surface area contributed by atoms with E-state index in [1.807, 2.05) is 24.3 Å². The van der Waals surface area contributed by atoms with Gasteiger partial charge in [0, 0.05) is 33.0 Å². The Labute approximate surface area is 182 Å². The molecule has 162 valence electrons. The number of rotatable bonds is 7. The lowest BCUT2D eigenvalue weighted by Crippen LogP contribution is -2.30. The molecule has 0 aliphatic carbocycles. The maximum Gasteiger partial charge on any atom is 0.261 e. The van der Waals surface area contributed by atoms with E-state index < -0.39 is 0 Å². The monoisotopic (exact) mass is 418 g/mol. The molecule has 0 bridgehead atoms. The molecule has 1 aromatic heterocycles. The summed E-state index contributed by atoms with van der Waals surface area (Å²) in [4.78, 5) is 32.1. The van der Waals surface area contributed by atoms with Crippen molar-refractivity contribution in [3.8, 4) is 0 Å². The predicted molar refractivity (Wildman–Crippen MR) is 123 cm³/mol. The van der Waals surface area contributed by atoms with Crippen LogP contribution < -0.4 is 10.9 Å². The van der Waals surface area contributed by atoms with Gasteiger partial charge in [-0.15, -0.1) is 0 Å². The van der Waals surface area contributed by atoms with Gasteiger partial charge in [0.25, 0.3) is 5.56 Å². The molecule has 0 radical (unpaired) electrons. The topological polar surface area (TPSA) is 67.2 Å². The molecule has 1 N–H and O–H groups in total. The first-order chi connectivity index (χ1) is 15.1. The second kappa shape index (κ2) is 9.88. The minimum atomic E-state index is -0.0763. The Morgan fingerprint density at radius 1 is 1.00 bits per heavy atom. The molecule has 2 aromatic carbocycles. The number of hydrogen-bond donors (Lipinski definition) is 1. The lowest BCUT2D eigenvalue weighted by Gasteiger charge is -2.27. The third-order valence-corrected chi connectivity index (χ3v) is 6.09. The smallest absolute Gasteiger partial charge is 0.261 e. The number of hydrogen-bond acceptors (Lipinski definition) is 4. The van der Waals surface area contributed by atoms with Gasteiger partial charge in [0.1, 0.15) is 5.82 Å². The lowest BCUT2D eigenvalue weighted by atomic mass is 10.0. The average Bonchev–Trinajstić information content (AvgIpc) is 2.80. The molecule has 31 heavy (non-hydrogen) atoms. The largest absolute Gasteiger partial charge is 0.352 e. The summed E-state index contributed by atoms with van der Waals surface area (Å²) in [5.41, 5.74) is 3.04. The Bertz CT molecular complexity index is 1120. The van der Waals surface area contributed by atoms with E-state index in [9.17, 15) is 9.59 Å². The minimum Gasteiger partial charge on any atom is -0.352 e. The number of amides is 1. The molecule has 3 aromatic rings. The van der Waals surface area contributed by atoms with Gasteiger partial charge in [0.05, 0.1) is 10.9 Å². The number of nitrogens with one attached hydrogen (secondary N) is 1. The standard InChI is InChI=1S/C25H30N4O2/c1-28-23(27-22-12-6-5-11-21(22)25(28)31)13-14-24(30)26-17-19-9-3-4-10-20(19)18-29-15-7-2-8-16-29/h3-6,9-12H,2,7-8,13-18H2,1H3,(H,26,30). The van der Waals surface area contributed by atoms with Crippen LogP contribution in [0.5, 0.6) is 0 Å². The zero-order valence-corrected chi connectivity index (χ0v) is 18.1. The number of aryl methyl sites for hydroxylation is 1. The summed E-state index contributed by atoms with van der Waals surface area (Å²) in [6, 6.07) is 15.7. The van der Waals surface area contributed by atoms with E-state index in [0.29, 0.717) is 36.1 Å². The number of nitrogens with zero attached hydrogens (tertiary/aromatic N) is 3. The molecule has 4 rings (SSSR count). The van der Waals surface area contributed by atoms with Crippen molar-refractivity contribution in [3.63, 3.8) is 0 Å². The van der Waals surface area contributed by atoms with Crippen LogP contribution in [0.15, 0.2) is 53.3 Å². The van der Waals surface area contributed by atoms with Crippen molar-refractivity contribution in [2.75, 3.05) is 13.1 Å². The molecule has 6 nitrogen and oxygen atoms in total. The maximum absolute atomic E-state index is 12.5. The third kappa shape index (κ3) is 5.20. The van der Waals surface area contributed by atoms with Crippen molar-refractivity contribution in [1.82, 2.24) is 19.8 Å². The van der Waals surface area contributed by atoms with Crippen LogP contribution in [0.25, 0.3) is 10.9 Å². The van der Waals surface area contributed by atoms with Crippen LogP contribution in [0, 0.1) is 0 Å². The summed E-state index contributed by atoms with van der Waals surface area (Å²) in [5.74, 6) is 0.597. The number of carbonyl (C=O) groups excluding carboxylic acids is 1. The fourth-order valence-corrected chi connectivity index (χ4v) is 4.24. The summed E-state index contributed by atoms with van der Waals surface area (Å²) in [7, 11) is 1.71. The van der Waals surface area contributed by atoms with Crippen molar-refractivity contribution >= 4 is 16.8 Å². The van der Waals surface area contributed by atoms with Crippen LogP contribution in [0.2, 0.25) is 0 Å². The molecule has 0 spiro atoms. The summed E-state index contributed by atoms with van der Waals surface area (Å²) >= 11 is 0. The van der Waals surface area contributed by atoms with Crippen molar-refractivity contribution in [2.45, 2.75) is 45.2 Å². The number of benzene rings is 2. The van der Waals surface area contributed by atoms with Gasteiger partial charge in [-0.2, -0.15) is 0 Å². The van der Waals surface area contributed by atoms with E-state index >= 15 is 0 Å². The second-order valence-electron chi connectivity index (χ2n) is 8.29. The van der Waals surface area contributed by atoms with Gasteiger partial charge in [-0.25, -0.2) is 4.98 Å². The molecule has 1 aliphatic rings. The maximum atomic E-state index is 12.5. The predicted octanol–water partition coefficient (Wildman–Crippen LogP) is 3.17. The van der Waals surface area contributed by atoms with Gasteiger partial charge < -0.3 is 5.32 Å². The van der Waals surface area contributed by atoms with Crippen LogP contribution in [0.3, 0.4) is 0 Å². The summed E-state index contributed by atoms with van der Waals surface area (Å²) in [5, 5.41) is 3.65. The van der Waals surface area contributed by atoms with E-state index in [4.69, 9.17) is 0 Å². The van der Waals surface area contributed by atoms with E-state index in [1.54, 1.807) is 17.7 Å². The number of carbonyl (C=O) groups is 1. The number of piperidine rings is 1.